The van der Waals surface area contributed by atoms with Gasteiger partial charge in [-0.15, -0.1) is 0 Å². The van der Waals surface area contributed by atoms with Gasteiger partial charge in [0.1, 0.15) is 0 Å². The van der Waals surface area contributed by atoms with Crippen molar-refractivity contribution >= 4 is 11.9 Å². The number of likely N-dealkylation sites (N-methyl/N-ethyl adjacent to an activating group) is 2. The van der Waals surface area contributed by atoms with E-state index in [0.29, 0.717) is 0 Å². The first-order valence-electron chi connectivity index (χ1n) is 9.77. The van der Waals surface area contributed by atoms with Crippen LogP contribution >= 0.6 is 0 Å². The monoisotopic (exact) mass is 380 g/mol. The van der Waals surface area contributed by atoms with Crippen molar-refractivity contribution in [3.05, 3.63) is 23.8 Å². The summed E-state index contributed by atoms with van der Waals surface area (Å²) in [6, 6.07) is -0.0992. The van der Waals surface area contributed by atoms with Crippen molar-refractivity contribution in [3.63, 3.8) is 0 Å². The Morgan fingerprint density at radius 1 is 1.04 bits per heavy atom. The van der Waals surface area contributed by atoms with Crippen LogP contribution in [0.15, 0.2) is 23.8 Å². The Balaban J connectivity index is 5.68. The maximum atomic E-state index is 13.2. The Morgan fingerprint density at radius 2 is 1.56 bits per heavy atom. The summed E-state index contributed by atoms with van der Waals surface area (Å²) in [5, 5.41) is 12.5. The van der Waals surface area contributed by atoms with E-state index in [-0.39, 0.29) is 46.7 Å². The van der Waals surface area contributed by atoms with Crippen molar-refractivity contribution in [2.24, 2.45) is 23.2 Å². The number of hydrogen-bond donors (Lipinski definition) is 2. The van der Waals surface area contributed by atoms with Crippen molar-refractivity contribution in [3.8, 4) is 0 Å². The molecular weight excluding hydrogens is 340 g/mol. The third kappa shape index (κ3) is 7.87. The highest BCUT2D eigenvalue weighted by Gasteiger charge is 2.29. The average Bonchev–Trinajstić information content (AvgIpc) is 2.53. The first kappa shape index (κ1) is 25.4. The van der Waals surface area contributed by atoms with Gasteiger partial charge in [-0.3, -0.25) is 4.79 Å². The van der Waals surface area contributed by atoms with Crippen LogP contribution in [-0.2, 0) is 9.59 Å². The average molecular weight is 381 g/mol. The van der Waals surface area contributed by atoms with Gasteiger partial charge >= 0.3 is 5.97 Å². The number of amides is 1. The van der Waals surface area contributed by atoms with E-state index in [0.717, 1.165) is 0 Å². The predicted molar refractivity (Wildman–Crippen MR) is 113 cm³/mol. The van der Waals surface area contributed by atoms with Crippen LogP contribution in [0.25, 0.3) is 0 Å². The molecule has 0 aliphatic heterocycles. The largest absolute Gasteiger partial charge is 0.478 e. The van der Waals surface area contributed by atoms with Gasteiger partial charge in [0, 0.05) is 18.7 Å². The molecule has 0 heterocycles. The maximum absolute atomic E-state index is 13.2. The molecule has 0 aromatic heterocycles. The van der Waals surface area contributed by atoms with Crippen molar-refractivity contribution in [2.75, 3.05) is 14.1 Å². The first-order valence-corrected chi connectivity index (χ1v) is 9.77. The van der Waals surface area contributed by atoms with Gasteiger partial charge in [0.05, 0.1) is 12.0 Å². The molecule has 0 bridgehead atoms. The molecule has 0 unspecified atom stereocenters. The van der Waals surface area contributed by atoms with Gasteiger partial charge < -0.3 is 15.3 Å². The zero-order valence-corrected chi connectivity index (χ0v) is 18.8. The fourth-order valence-electron chi connectivity index (χ4n) is 3.10. The van der Waals surface area contributed by atoms with E-state index in [2.05, 4.69) is 32.2 Å². The molecule has 0 rings (SSSR count). The zero-order valence-electron chi connectivity index (χ0n) is 18.8. The molecule has 1 amide bonds. The van der Waals surface area contributed by atoms with Crippen LogP contribution in [0.4, 0.5) is 0 Å². The molecule has 0 fully saturated rings. The molecule has 0 saturated carbocycles. The molecule has 3 atom stereocenters. The Bertz CT molecular complexity index is 556. The lowest BCUT2D eigenvalue weighted by Gasteiger charge is -2.33. The highest BCUT2D eigenvalue weighted by Crippen LogP contribution is 2.24. The molecule has 0 aromatic carbocycles. The second-order valence-corrected chi connectivity index (χ2v) is 9.13. The molecule has 2 N–H and O–H groups in total. The summed E-state index contributed by atoms with van der Waals surface area (Å²) in [5.41, 5.74) is 0.303. The number of nitrogens with zero attached hydrogens (tertiary/aromatic N) is 1. The lowest BCUT2D eigenvalue weighted by molar-refractivity contribution is -0.136. The number of rotatable bonds is 9. The van der Waals surface area contributed by atoms with Crippen LogP contribution in [0.1, 0.15) is 55.4 Å². The van der Waals surface area contributed by atoms with E-state index in [9.17, 15) is 14.7 Å². The van der Waals surface area contributed by atoms with Crippen LogP contribution in [-0.4, -0.2) is 48.1 Å². The minimum Gasteiger partial charge on any atom is -0.478 e. The summed E-state index contributed by atoms with van der Waals surface area (Å²) in [4.78, 5) is 26.1. The van der Waals surface area contributed by atoms with Gasteiger partial charge in [-0.1, -0.05) is 66.7 Å². The van der Waals surface area contributed by atoms with Crippen molar-refractivity contribution in [1.82, 2.24) is 10.2 Å². The normalized spacial score (nSPS) is 16.7. The zero-order chi connectivity index (χ0) is 21.5. The van der Waals surface area contributed by atoms with Crippen molar-refractivity contribution < 1.29 is 14.7 Å². The van der Waals surface area contributed by atoms with E-state index >= 15 is 0 Å². The molecule has 0 spiro atoms. The molecule has 0 aliphatic rings. The molecule has 5 nitrogen and oxygen atoms in total. The first-order chi connectivity index (χ1) is 12.2. The predicted octanol–water partition coefficient (Wildman–Crippen LogP) is 3.96. The van der Waals surface area contributed by atoms with Gasteiger partial charge in [0.2, 0.25) is 5.91 Å². The number of carboxylic acid groups (broad SMARTS) is 1. The minimum atomic E-state index is -0.955. The molecular formula is C22H40N2O3. The molecule has 5 heteroatoms. The van der Waals surface area contributed by atoms with Crippen molar-refractivity contribution in [1.29, 1.82) is 0 Å². The van der Waals surface area contributed by atoms with E-state index in [1.165, 1.54) is 0 Å². The molecule has 0 aromatic rings. The van der Waals surface area contributed by atoms with Gasteiger partial charge in [-0.05, 0) is 31.2 Å². The van der Waals surface area contributed by atoms with E-state index in [1.807, 2.05) is 40.8 Å². The fraction of sp³-hybridized carbons (Fsp3) is 0.727. The smallest absolute Gasteiger partial charge is 0.331 e. The molecule has 0 radical (unpaired) electrons. The summed E-state index contributed by atoms with van der Waals surface area (Å²) in [5.74, 6) is -0.939. The third-order valence-electron chi connectivity index (χ3n) is 4.99. The number of carboxylic acids is 1. The summed E-state index contributed by atoms with van der Waals surface area (Å²) < 4.78 is 0. The molecule has 27 heavy (non-hydrogen) atoms. The Kier molecular flexibility index (Phi) is 10.0. The Hall–Kier alpha value is -1.62. The standard InChI is InChI=1S/C22H40N2O3/c1-14(2)17(11-12-19(23-9)22(6,7)8)20(25)24(10)18(15(3)4)13-16(5)21(26)27/h11-15,17-19,23H,1-10H3,(H,26,27)/b12-11+,16-13+/t17-,18+,19+/m0/s1. The minimum absolute atomic E-state index is 0.0122. The van der Waals surface area contributed by atoms with Crippen molar-refractivity contribution in [2.45, 2.75) is 67.5 Å². The van der Waals surface area contributed by atoms with Crippen LogP contribution in [0.2, 0.25) is 0 Å². The van der Waals surface area contributed by atoms with E-state index < -0.39 is 5.97 Å². The van der Waals surface area contributed by atoms with Gasteiger partial charge in [0.15, 0.2) is 0 Å². The topological polar surface area (TPSA) is 69.6 Å². The van der Waals surface area contributed by atoms with Crippen LogP contribution in [0, 0.1) is 23.2 Å². The Morgan fingerprint density at radius 3 is 1.89 bits per heavy atom. The SMILES string of the molecule is CN[C@H](/C=C/[C@H](C(=O)N(C)[C@H](/C=C(\C)C(=O)O)C(C)C)C(C)C)C(C)(C)C. The van der Waals surface area contributed by atoms with Crippen LogP contribution < -0.4 is 5.32 Å². The number of nitrogens with one attached hydrogen (secondary N) is 1. The second-order valence-electron chi connectivity index (χ2n) is 9.13. The number of aliphatic carboxylic acids is 1. The van der Waals surface area contributed by atoms with Crippen LogP contribution in [0.3, 0.4) is 0 Å². The number of hydrogen-bond acceptors (Lipinski definition) is 3. The number of carbonyl (C=O) groups is 2. The molecule has 156 valence electrons. The van der Waals surface area contributed by atoms with E-state index in [4.69, 9.17) is 0 Å². The maximum Gasteiger partial charge on any atom is 0.331 e. The van der Waals surface area contributed by atoms with Crippen LogP contribution in [0.5, 0.6) is 0 Å². The summed E-state index contributed by atoms with van der Waals surface area (Å²) in [7, 11) is 3.69. The quantitative estimate of drug-likeness (QED) is 0.469. The summed E-state index contributed by atoms with van der Waals surface area (Å²) in [6.07, 6.45) is 5.76. The lowest BCUT2D eigenvalue weighted by Crippen LogP contribution is -2.44. The Labute approximate surface area is 165 Å². The summed E-state index contributed by atoms with van der Waals surface area (Å²) in [6.45, 7) is 16.1. The second kappa shape index (κ2) is 10.6. The van der Waals surface area contributed by atoms with E-state index in [1.54, 1.807) is 24.9 Å². The third-order valence-corrected chi connectivity index (χ3v) is 4.99. The lowest BCUT2D eigenvalue weighted by atomic mass is 9.84. The molecule has 0 aliphatic carbocycles. The van der Waals surface area contributed by atoms with Gasteiger partial charge in [-0.25, -0.2) is 4.79 Å². The number of carbonyl (C=O) groups excluding carboxylic acids is 1. The van der Waals surface area contributed by atoms with Gasteiger partial charge in [-0.2, -0.15) is 0 Å². The molecule has 0 saturated heterocycles. The summed E-state index contributed by atoms with van der Waals surface area (Å²) >= 11 is 0. The fourth-order valence-corrected chi connectivity index (χ4v) is 3.10. The highest BCUT2D eigenvalue weighted by atomic mass is 16.4. The van der Waals surface area contributed by atoms with Gasteiger partial charge in [0.25, 0.3) is 0 Å². The highest BCUT2D eigenvalue weighted by molar-refractivity contribution is 5.86.